The zero-order chi connectivity index (χ0) is 12.7. The molecule has 0 aliphatic carbocycles. The largest absolute Gasteiger partial charge is 0.473 e. The Balaban J connectivity index is 2.55. The molecule has 0 fully saturated rings. The van der Waals surface area contributed by atoms with Gasteiger partial charge in [-0.2, -0.15) is 0 Å². The van der Waals surface area contributed by atoms with Gasteiger partial charge in [0.05, 0.1) is 11.8 Å². The molecule has 0 aliphatic rings. The lowest BCUT2D eigenvalue weighted by molar-refractivity contribution is 0.200. The predicted octanol–water partition coefficient (Wildman–Crippen LogP) is 2.58. The van der Waals surface area contributed by atoms with Crippen LogP contribution >= 0.6 is 11.8 Å². The lowest BCUT2D eigenvalue weighted by Crippen LogP contribution is -2.09. The second-order valence-corrected chi connectivity index (χ2v) is 5.02. The molecule has 2 N–H and O–H groups in total. The van der Waals surface area contributed by atoms with Crippen molar-refractivity contribution >= 4 is 17.4 Å². The van der Waals surface area contributed by atoms with E-state index in [0.717, 1.165) is 23.8 Å². The molecule has 17 heavy (non-hydrogen) atoms. The topological polar surface area (TPSA) is 57.4 Å². The van der Waals surface area contributed by atoms with Gasteiger partial charge in [-0.05, 0) is 32.4 Å². The maximum Gasteiger partial charge on any atom is 0.238 e. The zero-order valence-corrected chi connectivity index (χ0v) is 11.4. The standard InChI is InChI=1S/C12H20N2O2S/c1-9(2)16-12-10(13)5-6-11(14-12)17-8-4-7-15-3/h5-6,9H,4,7-8,13H2,1-3H3. The summed E-state index contributed by atoms with van der Waals surface area (Å²) in [5.74, 6) is 1.50. The van der Waals surface area contributed by atoms with Crippen molar-refractivity contribution in [2.45, 2.75) is 31.4 Å². The fourth-order valence-electron chi connectivity index (χ4n) is 1.21. The molecule has 0 radical (unpaired) electrons. The van der Waals surface area contributed by atoms with Crippen molar-refractivity contribution in [2.24, 2.45) is 0 Å². The third-order valence-corrected chi connectivity index (χ3v) is 2.97. The number of nitrogens with two attached hydrogens (primary N) is 1. The lowest BCUT2D eigenvalue weighted by atomic mass is 10.4. The van der Waals surface area contributed by atoms with E-state index in [-0.39, 0.29) is 6.10 Å². The summed E-state index contributed by atoms with van der Waals surface area (Å²) in [7, 11) is 1.71. The number of hydrogen-bond donors (Lipinski definition) is 1. The summed E-state index contributed by atoms with van der Waals surface area (Å²) in [6.07, 6.45) is 1.09. The van der Waals surface area contributed by atoms with Crippen LogP contribution in [0.2, 0.25) is 0 Å². The van der Waals surface area contributed by atoms with Crippen LogP contribution in [-0.4, -0.2) is 30.6 Å². The molecule has 0 aromatic carbocycles. The predicted molar refractivity (Wildman–Crippen MR) is 71.6 cm³/mol. The third-order valence-electron chi connectivity index (χ3n) is 1.95. The number of nitrogens with zero attached hydrogens (tertiary/aromatic N) is 1. The molecule has 0 aliphatic heterocycles. The van der Waals surface area contributed by atoms with E-state index in [0.29, 0.717) is 11.6 Å². The molecule has 0 unspecified atom stereocenters. The Kier molecular flexibility index (Phi) is 6.15. The Morgan fingerprint density at radius 3 is 2.82 bits per heavy atom. The minimum atomic E-state index is 0.0820. The highest BCUT2D eigenvalue weighted by molar-refractivity contribution is 7.99. The van der Waals surface area contributed by atoms with Gasteiger partial charge in [0.15, 0.2) is 0 Å². The minimum absolute atomic E-state index is 0.0820. The van der Waals surface area contributed by atoms with Crippen LogP contribution in [0.25, 0.3) is 0 Å². The number of hydrogen-bond acceptors (Lipinski definition) is 5. The van der Waals surface area contributed by atoms with Crippen LogP contribution in [-0.2, 0) is 4.74 Å². The normalized spacial score (nSPS) is 10.8. The van der Waals surface area contributed by atoms with Gasteiger partial charge in [0.25, 0.3) is 0 Å². The van der Waals surface area contributed by atoms with E-state index in [1.807, 2.05) is 26.0 Å². The average molecular weight is 256 g/mol. The highest BCUT2D eigenvalue weighted by Crippen LogP contribution is 2.25. The highest BCUT2D eigenvalue weighted by Gasteiger charge is 2.06. The minimum Gasteiger partial charge on any atom is -0.473 e. The summed E-state index contributed by atoms with van der Waals surface area (Å²) >= 11 is 1.68. The monoisotopic (exact) mass is 256 g/mol. The van der Waals surface area contributed by atoms with E-state index < -0.39 is 0 Å². The van der Waals surface area contributed by atoms with Gasteiger partial charge >= 0.3 is 0 Å². The first kappa shape index (κ1) is 14.1. The van der Waals surface area contributed by atoms with Gasteiger partial charge in [0.1, 0.15) is 5.03 Å². The van der Waals surface area contributed by atoms with Gasteiger partial charge in [-0.25, -0.2) is 4.98 Å². The molecular formula is C12H20N2O2S. The maximum atomic E-state index is 5.80. The number of thioether (sulfide) groups is 1. The van der Waals surface area contributed by atoms with Gasteiger partial charge in [-0.15, -0.1) is 11.8 Å². The van der Waals surface area contributed by atoms with Crippen molar-refractivity contribution in [3.05, 3.63) is 12.1 Å². The molecule has 1 aromatic rings. The summed E-state index contributed by atoms with van der Waals surface area (Å²) in [5.41, 5.74) is 6.38. The SMILES string of the molecule is COCCCSc1ccc(N)c(OC(C)C)n1. The van der Waals surface area contributed by atoms with E-state index in [9.17, 15) is 0 Å². The second-order valence-electron chi connectivity index (χ2n) is 3.91. The Morgan fingerprint density at radius 2 is 2.18 bits per heavy atom. The Morgan fingerprint density at radius 1 is 1.41 bits per heavy atom. The van der Waals surface area contributed by atoms with E-state index in [2.05, 4.69) is 4.98 Å². The second kappa shape index (κ2) is 7.40. The van der Waals surface area contributed by atoms with Crippen LogP contribution in [0.4, 0.5) is 5.69 Å². The third kappa shape index (κ3) is 5.28. The molecule has 96 valence electrons. The molecular weight excluding hydrogens is 236 g/mol. The van der Waals surface area contributed by atoms with E-state index in [1.165, 1.54) is 0 Å². The fraction of sp³-hybridized carbons (Fsp3) is 0.583. The number of ether oxygens (including phenoxy) is 2. The number of methoxy groups -OCH3 is 1. The number of aromatic nitrogens is 1. The van der Waals surface area contributed by atoms with Gasteiger partial charge < -0.3 is 15.2 Å². The maximum absolute atomic E-state index is 5.80. The van der Waals surface area contributed by atoms with Gasteiger partial charge in [-0.3, -0.25) is 0 Å². The van der Waals surface area contributed by atoms with E-state index >= 15 is 0 Å². The van der Waals surface area contributed by atoms with Crippen molar-refractivity contribution in [3.8, 4) is 5.88 Å². The summed E-state index contributed by atoms with van der Waals surface area (Å²) < 4.78 is 10.5. The lowest BCUT2D eigenvalue weighted by Gasteiger charge is -2.11. The van der Waals surface area contributed by atoms with Crippen LogP contribution in [0.3, 0.4) is 0 Å². The van der Waals surface area contributed by atoms with Crippen LogP contribution in [0.5, 0.6) is 5.88 Å². The molecule has 1 aromatic heterocycles. The summed E-state index contributed by atoms with van der Waals surface area (Å²) in [6.45, 7) is 4.69. The molecule has 4 nitrogen and oxygen atoms in total. The Bertz CT molecular complexity index is 345. The fourth-order valence-corrected chi connectivity index (χ4v) is 2.00. The summed E-state index contributed by atoms with van der Waals surface area (Å²) in [4.78, 5) is 4.39. The van der Waals surface area contributed by atoms with Crippen LogP contribution in [0.1, 0.15) is 20.3 Å². The number of rotatable bonds is 7. The van der Waals surface area contributed by atoms with Crippen molar-refractivity contribution in [1.29, 1.82) is 0 Å². The van der Waals surface area contributed by atoms with Crippen molar-refractivity contribution in [2.75, 3.05) is 25.2 Å². The molecule has 5 heteroatoms. The van der Waals surface area contributed by atoms with E-state index in [4.69, 9.17) is 15.2 Å². The molecule has 1 heterocycles. The quantitative estimate of drug-likeness (QED) is 0.600. The van der Waals surface area contributed by atoms with Crippen LogP contribution in [0, 0.1) is 0 Å². The molecule has 0 atom stereocenters. The number of anilines is 1. The van der Waals surface area contributed by atoms with Crippen molar-refractivity contribution in [1.82, 2.24) is 4.98 Å². The molecule has 0 saturated carbocycles. The van der Waals surface area contributed by atoms with Crippen molar-refractivity contribution in [3.63, 3.8) is 0 Å². The summed E-state index contributed by atoms with van der Waals surface area (Å²) in [5, 5.41) is 0.936. The Labute approximate surface area is 107 Å². The van der Waals surface area contributed by atoms with Crippen LogP contribution in [0.15, 0.2) is 17.2 Å². The average Bonchev–Trinajstić information content (AvgIpc) is 2.28. The molecule has 0 amide bonds. The van der Waals surface area contributed by atoms with Gasteiger partial charge in [-0.1, -0.05) is 0 Å². The molecule has 0 bridgehead atoms. The van der Waals surface area contributed by atoms with Crippen molar-refractivity contribution < 1.29 is 9.47 Å². The summed E-state index contributed by atoms with van der Waals surface area (Å²) in [6, 6.07) is 3.75. The zero-order valence-electron chi connectivity index (χ0n) is 10.6. The number of pyridine rings is 1. The molecule has 0 saturated heterocycles. The Hall–Kier alpha value is -0.940. The first-order chi connectivity index (χ1) is 8.13. The first-order valence-corrected chi connectivity index (χ1v) is 6.67. The van der Waals surface area contributed by atoms with Gasteiger partial charge in [0.2, 0.25) is 5.88 Å². The number of nitrogen functional groups attached to an aromatic ring is 1. The van der Waals surface area contributed by atoms with Crippen LogP contribution < -0.4 is 10.5 Å². The smallest absolute Gasteiger partial charge is 0.238 e. The molecule has 1 rings (SSSR count). The van der Waals surface area contributed by atoms with Gasteiger partial charge in [0, 0.05) is 19.5 Å². The first-order valence-electron chi connectivity index (χ1n) is 5.68. The molecule has 0 spiro atoms. The van der Waals surface area contributed by atoms with E-state index in [1.54, 1.807) is 18.9 Å². The highest BCUT2D eigenvalue weighted by atomic mass is 32.2.